The zero-order valence-corrected chi connectivity index (χ0v) is 11.3. The number of ether oxygens (including phenoxy) is 1. The zero-order valence-electron chi connectivity index (χ0n) is 11.3. The second-order valence-corrected chi connectivity index (χ2v) is 5.19. The predicted octanol–water partition coefficient (Wildman–Crippen LogP) is 2.75. The van der Waals surface area contributed by atoms with Gasteiger partial charge in [-0.3, -0.25) is 4.79 Å². The van der Waals surface area contributed by atoms with Crippen LogP contribution in [0.4, 0.5) is 0 Å². The Morgan fingerprint density at radius 3 is 2.72 bits per heavy atom. The lowest BCUT2D eigenvalue weighted by Crippen LogP contribution is -2.24. The molecule has 1 aromatic carbocycles. The summed E-state index contributed by atoms with van der Waals surface area (Å²) >= 11 is 0. The Labute approximate surface area is 109 Å². The second-order valence-electron chi connectivity index (χ2n) is 5.19. The molecular weight excluding hydrogens is 226 g/mol. The number of Topliss-reactive ketones (excluding diaryl/α,β-unsaturated/α-hetero) is 1. The Balaban J connectivity index is 2.11. The van der Waals surface area contributed by atoms with Gasteiger partial charge in [-0.25, -0.2) is 0 Å². The summed E-state index contributed by atoms with van der Waals surface area (Å²) in [6.45, 7) is 4.65. The summed E-state index contributed by atoms with van der Waals surface area (Å²) in [5, 5.41) is 3.25. The molecule has 1 aromatic rings. The molecule has 0 heterocycles. The van der Waals surface area contributed by atoms with Crippen LogP contribution < -0.4 is 10.1 Å². The molecule has 0 spiro atoms. The van der Waals surface area contributed by atoms with Crippen LogP contribution >= 0.6 is 0 Å². The lowest BCUT2D eigenvalue weighted by molar-refractivity contribution is 0.0990. The van der Waals surface area contributed by atoms with Crippen molar-refractivity contribution in [2.75, 3.05) is 13.7 Å². The van der Waals surface area contributed by atoms with Crippen LogP contribution in [0.2, 0.25) is 0 Å². The fourth-order valence-electron chi connectivity index (χ4n) is 1.99. The molecule has 1 aliphatic rings. The van der Waals surface area contributed by atoms with Gasteiger partial charge in [-0.05, 0) is 42.5 Å². The first-order chi connectivity index (χ1) is 8.61. The fraction of sp³-hybridized carbons (Fsp3) is 0.533. The molecule has 0 amide bonds. The number of rotatable bonds is 6. The van der Waals surface area contributed by atoms with Gasteiger partial charge >= 0.3 is 0 Å². The van der Waals surface area contributed by atoms with Gasteiger partial charge in [0, 0.05) is 11.6 Å². The van der Waals surface area contributed by atoms with E-state index in [1.807, 2.05) is 18.2 Å². The quantitative estimate of drug-likeness (QED) is 0.785. The van der Waals surface area contributed by atoms with E-state index < -0.39 is 0 Å². The predicted molar refractivity (Wildman–Crippen MR) is 72.4 cm³/mol. The third-order valence-corrected chi connectivity index (χ3v) is 3.30. The molecule has 1 aliphatic carbocycles. The van der Waals surface area contributed by atoms with Gasteiger partial charge in [-0.1, -0.05) is 13.8 Å². The van der Waals surface area contributed by atoms with Crippen LogP contribution in [0, 0.1) is 0 Å². The number of carbonyl (C=O) groups is 1. The van der Waals surface area contributed by atoms with E-state index in [9.17, 15) is 4.79 Å². The zero-order chi connectivity index (χ0) is 13.1. The van der Waals surface area contributed by atoms with E-state index in [2.05, 4.69) is 19.2 Å². The molecule has 0 unspecified atom stereocenters. The molecule has 1 N–H and O–H groups in total. The molecule has 3 nitrogen and oxygen atoms in total. The SMILES string of the molecule is COc1ccc(C(=O)CNC2CC2)cc1C(C)C. The van der Waals surface area contributed by atoms with Gasteiger partial charge in [-0.2, -0.15) is 0 Å². The van der Waals surface area contributed by atoms with E-state index >= 15 is 0 Å². The standard InChI is InChI=1S/C15H21NO2/c1-10(2)13-8-11(4-7-15(13)18-3)14(17)9-16-12-5-6-12/h4,7-8,10,12,16H,5-6,9H2,1-3H3. The van der Waals surface area contributed by atoms with Crippen LogP contribution in [0.3, 0.4) is 0 Å². The highest BCUT2D eigenvalue weighted by molar-refractivity contribution is 5.98. The lowest BCUT2D eigenvalue weighted by Gasteiger charge is -2.13. The van der Waals surface area contributed by atoms with Crippen LogP contribution in [0.25, 0.3) is 0 Å². The Morgan fingerprint density at radius 1 is 1.44 bits per heavy atom. The summed E-state index contributed by atoms with van der Waals surface area (Å²) in [4.78, 5) is 12.0. The maximum absolute atomic E-state index is 12.0. The van der Waals surface area contributed by atoms with Crippen molar-refractivity contribution in [3.63, 3.8) is 0 Å². The van der Waals surface area contributed by atoms with Gasteiger partial charge in [0.1, 0.15) is 5.75 Å². The van der Waals surface area contributed by atoms with E-state index in [0.717, 1.165) is 16.9 Å². The Hall–Kier alpha value is -1.35. The number of carbonyl (C=O) groups excluding carboxylic acids is 1. The molecule has 2 rings (SSSR count). The van der Waals surface area contributed by atoms with Crippen LogP contribution in [0.15, 0.2) is 18.2 Å². The molecule has 0 bridgehead atoms. The topological polar surface area (TPSA) is 38.3 Å². The van der Waals surface area contributed by atoms with Crippen LogP contribution in [-0.4, -0.2) is 25.5 Å². The van der Waals surface area contributed by atoms with Gasteiger partial charge in [0.15, 0.2) is 5.78 Å². The van der Waals surface area contributed by atoms with Crippen LogP contribution in [-0.2, 0) is 0 Å². The largest absolute Gasteiger partial charge is 0.496 e. The minimum absolute atomic E-state index is 0.159. The molecule has 18 heavy (non-hydrogen) atoms. The highest BCUT2D eigenvalue weighted by Crippen LogP contribution is 2.27. The van der Waals surface area contributed by atoms with Crippen molar-refractivity contribution in [1.82, 2.24) is 5.32 Å². The Bertz CT molecular complexity index is 436. The van der Waals surface area contributed by atoms with E-state index in [-0.39, 0.29) is 5.78 Å². The van der Waals surface area contributed by atoms with Crippen LogP contribution in [0.1, 0.15) is 48.5 Å². The summed E-state index contributed by atoms with van der Waals surface area (Å²) < 4.78 is 5.32. The third kappa shape index (κ3) is 3.10. The maximum Gasteiger partial charge on any atom is 0.176 e. The summed E-state index contributed by atoms with van der Waals surface area (Å²) in [7, 11) is 1.66. The Morgan fingerprint density at radius 2 is 2.17 bits per heavy atom. The van der Waals surface area contributed by atoms with E-state index in [0.29, 0.717) is 18.5 Å². The van der Waals surface area contributed by atoms with Gasteiger partial charge in [-0.15, -0.1) is 0 Å². The molecule has 98 valence electrons. The minimum Gasteiger partial charge on any atom is -0.496 e. The van der Waals surface area contributed by atoms with Crippen molar-refractivity contribution in [1.29, 1.82) is 0 Å². The molecule has 1 fully saturated rings. The van der Waals surface area contributed by atoms with Crippen molar-refractivity contribution >= 4 is 5.78 Å². The molecule has 1 saturated carbocycles. The van der Waals surface area contributed by atoms with E-state index in [1.165, 1.54) is 12.8 Å². The normalized spacial score (nSPS) is 14.9. The van der Waals surface area contributed by atoms with Crippen molar-refractivity contribution in [3.05, 3.63) is 29.3 Å². The van der Waals surface area contributed by atoms with Crippen molar-refractivity contribution in [2.45, 2.75) is 38.6 Å². The summed E-state index contributed by atoms with van der Waals surface area (Å²) in [5.41, 5.74) is 1.86. The van der Waals surface area contributed by atoms with Gasteiger partial charge in [0.2, 0.25) is 0 Å². The highest BCUT2D eigenvalue weighted by Gasteiger charge is 2.21. The van der Waals surface area contributed by atoms with Gasteiger partial charge in [0.05, 0.1) is 13.7 Å². The summed E-state index contributed by atoms with van der Waals surface area (Å²) in [6.07, 6.45) is 2.40. The Kier molecular flexibility index (Phi) is 4.02. The smallest absolute Gasteiger partial charge is 0.176 e. The molecule has 0 atom stereocenters. The first-order valence-corrected chi connectivity index (χ1v) is 6.56. The molecule has 0 aromatic heterocycles. The summed E-state index contributed by atoms with van der Waals surface area (Å²) in [5.74, 6) is 1.37. The number of ketones is 1. The van der Waals surface area contributed by atoms with E-state index in [1.54, 1.807) is 7.11 Å². The van der Waals surface area contributed by atoms with Crippen molar-refractivity contribution in [2.24, 2.45) is 0 Å². The van der Waals surface area contributed by atoms with Crippen LogP contribution in [0.5, 0.6) is 5.75 Å². The van der Waals surface area contributed by atoms with E-state index in [4.69, 9.17) is 4.74 Å². The summed E-state index contributed by atoms with van der Waals surface area (Å²) in [6, 6.07) is 6.26. The molecule has 0 saturated heterocycles. The third-order valence-electron chi connectivity index (χ3n) is 3.30. The number of hydrogen-bond donors (Lipinski definition) is 1. The van der Waals surface area contributed by atoms with Gasteiger partial charge in [0.25, 0.3) is 0 Å². The number of methoxy groups -OCH3 is 1. The average molecular weight is 247 g/mol. The second kappa shape index (κ2) is 5.53. The fourth-order valence-corrected chi connectivity index (χ4v) is 1.99. The van der Waals surface area contributed by atoms with Gasteiger partial charge < -0.3 is 10.1 Å². The van der Waals surface area contributed by atoms with Crippen molar-refractivity contribution in [3.8, 4) is 5.75 Å². The number of hydrogen-bond acceptors (Lipinski definition) is 3. The first kappa shape index (κ1) is 13.1. The average Bonchev–Trinajstić information content (AvgIpc) is 3.19. The minimum atomic E-state index is 0.159. The highest BCUT2D eigenvalue weighted by atomic mass is 16.5. The molecule has 3 heteroatoms. The molecule has 0 aliphatic heterocycles. The first-order valence-electron chi connectivity index (χ1n) is 6.56. The van der Waals surface area contributed by atoms with Crippen molar-refractivity contribution < 1.29 is 9.53 Å². The maximum atomic E-state index is 12.0. The number of benzene rings is 1. The lowest BCUT2D eigenvalue weighted by atomic mass is 9.98. The molecular formula is C15H21NO2. The monoisotopic (exact) mass is 247 g/mol. The molecule has 0 radical (unpaired) electrons. The number of nitrogens with one attached hydrogen (secondary N) is 1.